The lowest BCUT2D eigenvalue weighted by molar-refractivity contribution is 0.494. The summed E-state index contributed by atoms with van der Waals surface area (Å²) >= 11 is 0. The van der Waals surface area contributed by atoms with Crippen LogP contribution in [0.2, 0.25) is 0 Å². The van der Waals surface area contributed by atoms with E-state index in [0.29, 0.717) is 12.1 Å². The van der Waals surface area contributed by atoms with Crippen LogP contribution in [0, 0.1) is 19.8 Å². The molecule has 1 saturated heterocycles. The van der Waals surface area contributed by atoms with Gasteiger partial charge in [0.05, 0.1) is 0 Å². The van der Waals surface area contributed by atoms with Crippen LogP contribution in [0.4, 0.5) is 11.4 Å². The van der Waals surface area contributed by atoms with E-state index < -0.39 is 0 Å². The molecule has 2 heteroatoms. The number of rotatable bonds is 3. The molecule has 0 unspecified atom stereocenters. The Bertz CT molecular complexity index is 560. The van der Waals surface area contributed by atoms with Crippen LogP contribution in [0.15, 0.2) is 48.5 Å². The zero-order valence-corrected chi connectivity index (χ0v) is 14.1. The Labute approximate surface area is 134 Å². The van der Waals surface area contributed by atoms with Crippen LogP contribution >= 0.6 is 0 Å². The summed E-state index contributed by atoms with van der Waals surface area (Å²) in [7, 11) is 0. The molecular weight excluding hydrogens is 268 g/mol. The normalized spacial score (nSPS) is 15.9. The molecule has 1 fully saturated rings. The quantitative estimate of drug-likeness (QED) is 0.815. The van der Waals surface area contributed by atoms with Gasteiger partial charge in [0, 0.05) is 24.5 Å². The van der Waals surface area contributed by atoms with E-state index in [0.717, 1.165) is 13.1 Å². The first-order valence-corrected chi connectivity index (χ1v) is 8.23. The monoisotopic (exact) mass is 294 g/mol. The Morgan fingerprint density at radius 1 is 0.727 bits per heavy atom. The molecule has 1 aliphatic rings. The predicted molar refractivity (Wildman–Crippen MR) is 95.7 cm³/mol. The van der Waals surface area contributed by atoms with E-state index in [1.807, 2.05) is 0 Å². The van der Waals surface area contributed by atoms with Gasteiger partial charge >= 0.3 is 0 Å². The number of nitrogens with zero attached hydrogens (tertiary/aromatic N) is 2. The molecule has 0 aromatic heterocycles. The van der Waals surface area contributed by atoms with Crippen molar-refractivity contribution < 1.29 is 0 Å². The second-order valence-electron chi connectivity index (χ2n) is 6.72. The minimum Gasteiger partial charge on any atom is -0.349 e. The van der Waals surface area contributed by atoms with Gasteiger partial charge in [-0.2, -0.15) is 0 Å². The number of benzene rings is 2. The first kappa shape index (κ1) is 15.0. The minimum absolute atomic E-state index is 0.422. The van der Waals surface area contributed by atoms with Crippen molar-refractivity contribution in [2.24, 2.45) is 5.92 Å². The Hall–Kier alpha value is -1.96. The maximum Gasteiger partial charge on any atom is 0.104 e. The van der Waals surface area contributed by atoms with Gasteiger partial charge in [-0.15, -0.1) is 0 Å². The van der Waals surface area contributed by atoms with Crippen LogP contribution in [0.1, 0.15) is 25.0 Å². The third-order valence-corrected chi connectivity index (χ3v) is 4.55. The highest BCUT2D eigenvalue weighted by Crippen LogP contribution is 2.32. The molecule has 1 heterocycles. The molecule has 0 bridgehead atoms. The number of anilines is 2. The molecule has 22 heavy (non-hydrogen) atoms. The minimum atomic E-state index is 0.422. The van der Waals surface area contributed by atoms with Crippen molar-refractivity contribution in [3.05, 3.63) is 59.7 Å². The fourth-order valence-corrected chi connectivity index (χ4v) is 3.40. The van der Waals surface area contributed by atoms with Gasteiger partial charge in [-0.3, -0.25) is 0 Å². The molecule has 0 spiro atoms. The third kappa shape index (κ3) is 2.83. The third-order valence-electron chi connectivity index (χ3n) is 4.55. The van der Waals surface area contributed by atoms with E-state index in [1.165, 1.54) is 22.5 Å². The van der Waals surface area contributed by atoms with Crippen molar-refractivity contribution in [2.75, 3.05) is 22.9 Å². The van der Waals surface area contributed by atoms with Crippen LogP contribution < -0.4 is 9.80 Å². The number of aryl methyl sites for hydroxylation is 2. The molecule has 0 N–H and O–H groups in total. The summed E-state index contributed by atoms with van der Waals surface area (Å²) in [4.78, 5) is 5.09. The highest BCUT2D eigenvalue weighted by molar-refractivity contribution is 5.57. The molecule has 0 atom stereocenters. The van der Waals surface area contributed by atoms with Crippen LogP contribution in [-0.2, 0) is 0 Å². The average molecular weight is 294 g/mol. The topological polar surface area (TPSA) is 6.48 Å². The first-order valence-electron chi connectivity index (χ1n) is 8.23. The lowest BCUT2D eigenvalue weighted by atomic mass is 10.1. The fraction of sp³-hybridized carbons (Fsp3) is 0.400. The standard InChI is InChI=1S/C20H26N2/c1-15(2)20-21(18-9-5-16(3)6-10-18)13-14-22(20)19-11-7-17(4)8-12-19/h5-12,15,20H,13-14H2,1-4H3. The van der Waals surface area contributed by atoms with E-state index in [-0.39, 0.29) is 0 Å². The molecular formula is C20H26N2. The average Bonchev–Trinajstić information content (AvgIpc) is 2.94. The van der Waals surface area contributed by atoms with Crippen molar-refractivity contribution >= 4 is 11.4 Å². The van der Waals surface area contributed by atoms with Gasteiger partial charge in [-0.25, -0.2) is 0 Å². The van der Waals surface area contributed by atoms with Gasteiger partial charge in [0.1, 0.15) is 6.17 Å². The Morgan fingerprint density at radius 2 is 1.09 bits per heavy atom. The van der Waals surface area contributed by atoms with Crippen LogP contribution in [0.3, 0.4) is 0 Å². The molecule has 2 nitrogen and oxygen atoms in total. The Morgan fingerprint density at radius 3 is 1.41 bits per heavy atom. The smallest absolute Gasteiger partial charge is 0.104 e. The predicted octanol–water partition coefficient (Wildman–Crippen LogP) is 4.61. The molecule has 2 aromatic carbocycles. The van der Waals surface area contributed by atoms with Crippen molar-refractivity contribution in [2.45, 2.75) is 33.9 Å². The van der Waals surface area contributed by atoms with Gasteiger partial charge in [-0.1, -0.05) is 49.2 Å². The molecule has 2 aromatic rings. The van der Waals surface area contributed by atoms with E-state index in [1.54, 1.807) is 0 Å². The van der Waals surface area contributed by atoms with E-state index >= 15 is 0 Å². The summed E-state index contributed by atoms with van der Waals surface area (Å²) in [5.41, 5.74) is 5.30. The van der Waals surface area contributed by atoms with E-state index in [4.69, 9.17) is 0 Å². The molecule has 0 amide bonds. The van der Waals surface area contributed by atoms with Gasteiger partial charge in [0.2, 0.25) is 0 Å². The van der Waals surface area contributed by atoms with Crippen molar-refractivity contribution in [1.29, 1.82) is 0 Å². The summed E-state index contributed by atoms with van der Waals surface area (Å²) in [5, 5.41) is 0. The van der Waals surface area contributed by atoms with Crippen LogP contribution in [-0.4, -0.2) is 19.3 Å². The van der Waals surface area contributed by atoms with Crippen LogP contribution in [0.5, 0.6) is 0 Å². The zero-order valence-electron chi connectivity index (χ0n) is 14.1. The maximum atomic E-state index is 2.55. The Balaban J connectivity index is 1.90. The van der Waals surface area contributed by atoms with Gasteiger partial charge in [0.25, 0.3) is 0 Å². The number of hydrogen-bond donors (Lipinski definition) is 0. The van der Waals surface area contributed by atoms with Gasteiger partial charge in [0.15, 0.2) is 0 Å². The van der Waals surface area contributed by atoms with Crippen molar-refractivity contribution in [1.82, 2.24) is 0 Å². The lowest BCUT2D eigenvalue weighted by Crippen LogP contribution is -2.43. The van der Waals surface area contributed by atoms with Crippen molar-refractivity contribution in [3.8, 4) is 0 Å². The van der Waals surface area contributed by atoms with Crippen molar-refractivity contribution in [3.63, 3.8) is 0 Å². The Kier molecular flexibility index (Phi) is 4.10. The van der Waals surface area contributed by atoms with E-state index in [9.17, 15) is 0 Å². The summed E-state index contributed by atoms with van der Waals surface area (Å²) in [6, 6.07) is 17.9. The van der Waals surface area contributed by atoms with Gasteiger partial charge < -0.3 is 9.80 Å². The summed E-state index contributed by atoms with van der Waals surface area (Å²) in [6.45, 7) is 11.1. The molecule has 1 aliphatic heterocycles. The van der Waals surface area contributed by atoms with E-state index in [2.05, 4.69) is 86.0 Å². The molecule has 3 rings (SSSR count). The SMILES string of the molecule is Cc1ccc(N2CCN(c3ccc(C)cc3)C2C(C)C)cc1. The molecule has 0 saturated carbocycles. The largest absolute Gasteiger partial charge is 0.349 e. The molecule has 0 aliphatic carbocycles. The fourth-order valence-electron chi connectivity index (χ4n) is 3.40. The first-order chi connectivity index (χ1) is 10.6. The number of hydrogen-bond acceptors (Lipinski definition) is 2. The van der Waals surface area contributed by atoms with Crippen LogP contribution in [0.25, 0.3) is 0 Å². The summed E-state index contributed by atoms with van der Waals surface area (Å²) in [5.74, 6) is 0.574. The summed E-state index contributed by atoms with van der Waals surface area (Å²) in [6.07, 6.45) is 0.422. The second kappa shape index (κ2) is 6.04. The lowest BCUT2D eigenvalue weighted by Gasteiger charge is -2.35. The highest BCUT2D eigenvalue weighted by Gasteiger charge is 2.34. The molecule has 116 valence electrons. The zero-order chi connectivity index (χ0) is 15.7. The molecule has 0 radical (unpaired) electrons. The second-order valence-corrected chi connectivity index (χ2v) is 6.72. The maximum absolute atomic E-state index is 2.55. The van der Waals surface area contributed by atoms with Gasteiger partial charge in [-0.05, 0) is 44.0 Å². The highest BCUT2D eigenvalue weighted by atomic mass is 15.4. The summed E-state index contributed by atoms with van der Waals surface area (Å²) < 4.78 is 0.